The number of aromatic nitrogens is 2. The molecule has 1 aliphatic carbocycles. The van der Waals surface area contributed by atoms with Crippen LogP contribution < -0.4 is 15.7 Å². The van der Waals surface area contributed by atoms with Crippen LogP contribution >= 0.6 is 40.0 Å². The molecule has 5 N–H and O–H groups in total. The number of allylic oxidation sites excluding steroid dienone is 1. The highest BCUT2D eigenvalue weighted by Crippen LogP contribution is 2.57. The maximum Gasteiger partial charge on any atom is 0.290 e. The van der Waals surface area contributed by atoms with Gasteiger partial charge in [0.2, 0.25) is 0 Å². The van der Waals surface area contributed by atoms with E-state index in [1.165, 1.54) is 6.21 Å². The van der Waals surface area contributed by atoms with E-state index in [1.54, 1.807) is 13.2 Å². The van der Waals surface area contributed by atoms with Crippen LogP contribution in [0.4, 0.5) is 11.5 Å². The molecule has 0 radical (unpaired) electrons. The molecule has 1 atom stereocenters. The summed E-state index contributed by atoms with van der Waals surface area (Å²) < 4.78 is 2.28. The van der Waals surface area contributed by atoms with Gasteiger partial charge in [-0.1, -0.05) is 25.4 Å². The van der Waals surface area contributed by atoms with Crippen molar-refractivity contribution in [2.45, 2.75) is 92.3 Å². The van der Waals surface area contributed by atoms with Crippen LogP contribution in [0.2, 0.25) is 5.02 Å². The second-order valence-corrected chi connectivity index (χ2v) is 16.9. The van der Waals surface area contributed by atoms with Gasteiger partial charge in [-0.2, -0.15) is 5.10 Å². The predicted molar refractivity (Wildman–Crippen MR) is 218 cm³/mol. The summed E-state index contributed by atoms with van der Waals surface area (Å²) in [5.74, 6) is 0.943. The van der Waals surface area contributed by atoms with Gasteiger partial charge in [-0.3, -0.25) is 19.4 Å². The van der Waals surface area contributed by atoms with Crippen molar-refractivity contribution < 1.29 is 9.90 Å². The molecule has 2 aromatic rings. The number of likely N-dealkylation sites (tertiary alicyclic amines) is 1. The highest BCUT2D eigenvalue weighted by Gasteiger charge is 2.55. The zero-order chi connectivity index (χ0) is 36.9. The Balaban J connectivity index is 0.00000123. The van der Waals surface area contributed by atoms with E-state index in [-0.39, 0.29) is 17.6 Å². The Bertz CT molecular complexity index is 1540. The highest BCUT2D eigenvalue weighted by atomic mass is 127. The van der Waals surface area contributed by atoms with E-state index in [1.807, 2.05) is 27.0 Å². The number of nitrogens with two attached hydrogens (primary N) is 1. The lowest BCUT2D eigenvalue weighted by molar-refractivity contribution is -0.127. The second-order valence-electron chi connectivity index (χ2n) is 14.5. The van der Waals surface area contributed by atoms with Gasteiger partial charge >= 0.3 is 0 Å². The van der Waals surface area contributed by atoms with Gasteiger partial charge in [0.25, 0.3) is 6.47 Å². The average Bonchev–Trinajstić information content (AvgIpc) is 3.31. The number of nitrogens with zero attached hydrogens (tertiary/aromatic N) is 6. The Hall–Kier alpha value is -2.41. The van der Waals surface area contributed by atoms with Crippen molar-refractivity contribution in [3.63, 3.8) is 0 Å². The van der Waals surface area contributed by atoms with E-state index in [0.717, 1.165) is 90.7 Å². The maximum atomic E-state index is 8.51. The molecule has 1 aromatic heterocycles. The second kappa shape index (κ2) is 16.7. The Morgan fingerprint density at radius 1 is 1.20 bits per heavy atom. The van der Waals surface area contributed by atoms with Crippen molar-refractivity contribution in [2.75, 3.05) is 49.8 Å². The fraction of sp³-hybridized carbons (Fsp3) is 0.600. The van der Waals surface area contributed by atoms with E-state index in [0.29, 0.717) is 22.9 Å². The topological polar surface area (TPSA) is 139 Å². The zero-order valence-corrected chi connectivity index (χ0v) is 34.7. The van der Waals surface area contributed by atoms with Crippen LogP contribution in [-0.4, -0.2) is 94.4 Å². The van der Waals surface area contributed by atoms with Crippen LogP contribution in [0.3, 0.4) is 0 Å². The number of halogens is 2. The van der Waals surface area contributed by atoms with Gasteiger partial charge in [-0.15, -0.1) is 0 Å². The maximum absolute atomic E-state index is 8.51. The molecule has 0 amide bonds. The molecule has 0 bridgehead atoms. The third-order valence-electron chi connectivity index (χ3n) is 9.83. The number of aryl methyl sites for hydroxylation is 1. The minimum absolute atomic E-state index is 0.212. The summed E-state index contributed by atoms with van der Waals surface area (Å²) in [5.41, 5.74) is 13.1. The molecule has 1 unspecified atom stereocenters. The SMILES string of the molecule is CC.CN=C/C(=C\N)N1CCN(c2nn(C3CC4(C3)CN(C(C)(C)C)C4)c(C)c2-c2c(Cl)c(C)cc(NPI)c2C=N)C(C)(C)C1.O=CO. The summed E-state index contributed by atoms with van der Waals surface area (Å²) in [4.78, 5) is 19.9. The number of carboxylic acid groups (broad SMARTS) is 1. The number of carbonyl (C=O) groups is 1. The van der Waals surface area contributed by atoms with Crippen molar-refractivity contribution in [3.05, 3.63) is 39.8 Å². The van der Waals surface area contributed by atoms with E-state index >= 15 is 0 Å². The third kappa shape index (κ3) is 8.39. The lowest BCUT2D eigenvalue weighted by Crippen LogP contribution is -2.67. The van der Waals surface area contributed by atoms with Crippen LogP contribution in [0.15, 0.2) is 23.0 Å². The molecule has 5 rings (SSSR count). The van der Waals surface area contributed by atoms with Gasteiger partial charge in [-0.25, -0.2) is 0 Å². The molecule has 49 heavy (non-hydrogen) atoms. The number of hydrogen-bond acceptors (Lipinski definition) is 9. The monoisotopic (exact) mass is 827 g/mol. The summed E-state index contributed by atoms with van der Waals surface area (Å²) in [6, 6.07) is 2.41. The molecule has 3 heterocycles. The van der Waals surface area contributed by atoms with Crippen molar-refractivity contribution in [2.24, 2.45) is 16.1 Å². The van der Waals surface area contributed by atoms with Gasteiger partial charge in [0.15, 0.2) is 5.82 Å². The summed E-state index contributed by atoms with van der Waals surface area (Å²) in [5, 5.41) is 25.0. The molecule has 3 fully saturated rings. The Kier molecular flexibility index (Phi) is 14.0. The number of hydrogen-bond donors (Lipinski definition) is 4. The summed E-state index contributed by atoms with van der Waals surface area (Å²) >= 11 is 9.53. The first-order valence-electron chi connectivity index (χ1n) is 16.9. The van der Waals surface area contributed by atoms with E-state index < -0.39 is 0 Å². The molecule has 2 aliphatic heterocycles. The van der Waals surface area contributed by atoms with Gasteiger partial charge in [0.1, 0.15) is 0 Å². The van der Waals surface area contributed by atoms with Crippen molar-refractivity contribution in [1.29, 1.82) is 5.41 Å². The molecule has 1 saturated carbocycles. The number of rotatable bonds is 8. The number of piperazine rings is 1. The van der Waals surface area contributed by atoms with Gasteiger partial charge in [-0.05, 0) is 100 Å². The Labute approximate surface area is 312 Å². The first kappa shape index (κ1) is 41.0. The van der Waals surface area contributed by atoms with Crippen molar-refractivity contribution >= 4 is 70.4 Å². The molecule has 3 aliphatic rings. The summed E-state index contributed by atoms with van der Waals surface area (Å²) in [7, 11) is 1.77. The van der Waals surface area contributed by atoms with Crippen LogP contribution in [0.1, 0.15) is 84.2 Å². The Morgan fingerprint density at radius 2 is 1.82 bits per heavy atom. The van der Waals surface area contributed by atoms with Gasteiger partial charge in [0, 0.05) is 98.4 Å². The minimum Gasteiger partial charge on any atom is -0.483 e. The number of nitrogens with one attached hydrogen (secondary N) is 2. The minimum atomic E-state index is -0.262. The van der Waals surface area contributed by atoms with E-state index in [4.69, 9.17) is 37.7 Å². The normalized spacial score (nSPS) is 19.2. The fourth-order valence-corrected chi connectivity index (χ4v) is 8.87. The van der Waals surface area contributed by atoms with E-state index in [2.05, 4.69) is 99.1 Å². The quantitative estimate of drug-likeness (QED) is 0.0919. The summed E-state index contributed by atoms with van der Waals surface area (Å²) in [6.45, 7) is 24.1. The molecular formula is C35H56ClIN9O2P. The van der Waals surface area contributed by atoms with Crippen LogP contribution in [0, 0.1) is 24.7 Å². The number of aliphatic imine (C=N–C) groups is 1. The Morgan fingerprint density at radius 3 is 2.31 bits per heavy atom. The van der Waals surface area contributed by atoms with Crippen LogP contribution in [-0.2, 0) is 4.79 Å². The predicted octanol–water partition coefficient (Wildman–Crippen LogP) is 7.74. The lowest BCUT2D eigenvalue weighted by Gasteiger charge is -2.62. The summed E-state index contributed by atoms with van der Waals surface area (Å²) in [6.07, 6.45) is 7.67. The lowest BCUT2D eigenvalue weighted by atomic mass is 9.59. The smallest absolute Gasteiger partial charge is 0.290 e. The first-order chi connectivity index (χ1) is 23.1. The molecule has 11 nitrogen and oxygen atoms in total. The number of anilines is 2. The molecule has 2 saturated heterocycles. The highest BCUT2D eigenvalue weighted by molar-refractivity contribution is 14.2. The fourth-order valence-electron chi connectivity index (χ4n) is 7.44. The van der Waals surface area contributed by atoms with Crippen molar-refractivity contribution in [3.8, 4) is 11.1 Å². The largest absolute Gasteiger partial charge is 0.483 e. The zero-order valence-electron chi connectivity index (χ0n) is 30.8. The van der Waals surface area contributed by atoms with Crippen molar-refractivity contribution in [1.82, 2.24) is 19.6 Å². The average molecular weight is 828 g/mol. The molecule has 272 valence electrons. The molecule has 1 spiro atoms. The molecule has 14 heteroatoms. The van der Waals surface area contributed by atoms with E-state index in [9.17, 15) is 0 Å². The standard InChI is InChI=1S/C32H48ClIN9P.C2H6.CH2O2/c1-20-11-25(39-44-34)24(15-36)27(28(20)33)26-21(2)43(22-12-32(13-22)18-41(19-32)30(3,4)5)38-29(26)42-10-9-40(17-31(42,6)7)23(14-35)16-37-8;1-2;2-1-3/h11,14-16,22,36,39,44H,9-10,12-13,17-19,35H2,1-8H3;1-2H3;1H,(H,2,3)/b23-14+,36-15?,37-16?;;. The van der Waals surface area contributed by atoms with Gasteiger partial charge < -0.3 is 31.1 Å². The third-order valence-corrected chi connectivity index (χ3v) is 11.5. The van der Waals surface area contributed by atoms with Crippen LogP contribution in [0.5, 0.6) is 0 Å². The molecular weight excluding hydrogens is 772 g/mol. The van der Waals surface area contributed by atoms with Gasteiger partial charge in [0.05, 0.1) is 22.3 Å². The van der Waals surface area contributed by atoms with Crippen LogP contribution in [0.25, 0.3) is 11.1 Å². The number of benzene rings is 1. The molecule has 1 aromatic carbocycles. The first-order valence-corrected chi connectivity index (χ1v) is 21.4.